The first-order valence-corrected chi connectivity index (χ1v) is 11.2. The Hall–Kier alpha value is -1.36. The largest absolute Gasteiger partial charge is 0.381 e. The topological polar surface area (TPSA) is 47.4 Å². The third kappa shape index (κ3) is 4.23. The molecule has 0 N–H and O–H groups in total. The molecule has 1 aromatic rings. The van der Waals surface area contributed by atoms with E-state index in [4.69, 9.17) is 9.84 Å². The summed E-state index contributed by atoms with van der Waals surface area (Å²) in [6.45, 7) is 6.78. The zero-order valence-corrected chi connectivity index (χ0v) is 16.9. The molecule has 1 aliphatic carbocycles. The van der Waals surface area contributed by atoms with Gasteiger partial charge >= 0.3 is 0 Å². The Morgan fingerprint density at radius 3 is 2.63 bits per heavy atom. The second kappa shape index (κ2) is 8.76. The number of aromatic nitrogens is 2. The molecule has 5 nitrogen and oxygen atoms in total. The van der Waals surface area contributed by atoms with E-state index in [9.17, 15) is 4.79 Å². The van der Waals surface area contributed by atoms with E-state index in [0.29, 0.717) is 5.92 Å². The van der Waals surface area contributed by atoms with Crippen molar-refractivity contribution in [3.63, 3.8) is 0 Å². The number of likely N-dealkylation sites (tertiary alicyclic amines) is 1. The lowest BCUT2D eigenvalue weighted by Gasteiger charge is -2.30. The van der Waals surface area contributed by atoms with E-state index in [1.165, 1.54) is 43.4 Å². The quantitative estimate of drug-likeness (QED) is 0.788. The Bertz CT molecular complexity index is 642. The normalized spacial score (nSPS) is 24.0. The van der Waals surface area contributed by atoms with Crippen LogP contribution in [0.2, 0.25) is 0 Å². The average Bonchev–Trinajstić information content (AvgIpc) is 3.07. The van der Waals surface area contributed by atoms with Gasteiger partial charge in [-0.15, -0.1) is 0 Å². The Morgan fingerprint density at radius 2 is 1.89 bits per heavy atom. The molecule has 1 unspecified atom stereocenters. The summed E-state index contributed by atoms with van der Waals surface area (Å²) in [5, 5.41) is 4.84. The predicted octanol–water partition coefficient (Wildman–Crippen LogP) is 3.84. The summed E-state index contributed by atoms with van der Waals surface area (Å²) >= 11 is 0. The molecule has 2 fully saturated rings. The molecule has 3 heterocycles. The van der Waals surface area contributed by atoms with E-state index < -0.39 is 0 Å². The summed E-state index contributed by atoms with van der Waals surface area (Å²) in [5.74, 6) is 1.69. The molecule has 0 aromatic carbocycles. The van der Waals surface area contributed by atoms with Gasteiger partial charge < -0.3 is 9.64 Å². The molecule has 0 saturated carbocycles. The zero-order valence-electron chi connectivity index (χ0n) is 16.9. The van der Waals surface area contributed by atoms with Crippen molar-refractivity contribution >= 4 is 5.91 Å². The van der Waals surface area contributed by atoms with Crippen molar-refractivity contribution < 1.29 is 9.53 Å². The number of fused-ring (bicyclic) bond motifs is 1. The highest BCUT2D eigenvalue weighted by molar-refractivity contribution is 5.94. The molecule has 4 rings (SSSR count). The SMILES string of the molecule is CCCn1nc(C(=O)N2CCCCC2)c2c1CCC(CC1CCOCC1)C2. The van der Waals surface area contributed by atoms with E-state index in [-0.39, 0.29) is 5.91 Å². The van der Waals surface area contributed by atoms with Crippen LogP contribution >= 0.6 is 0 Å². The number of amides is 1. The fraction of sp³-hybridized carbons (Fsp3) is 0.818. The van der Waals surface area contributed by atoms with Crippen LogP contribution in [0.15, 0.2) is 0 Å². The summed E-state index contributed by atoms with van der Waals surface area (Å²) in [6.07, 6.45) is 11.7. The Labute approximate surface area is 163 Å². The van der Waals surface area contributed by atoms with Gasteiger partial charge in [0.2, 0.25) is 0 Å². The Morgan fingerprint density at radius 1 is 1.11 bits per heavy atom. The lowest BCUT2D eigenvalue weighted by Crippen LogP contribution is -2.36. The average molecular weight is 374 g/mol. The number of nitrogens with zero attached hydrogens (tertiary/aromatic N) is 3. The zero-order chi connectivity index (χ0) is 18.6. The van der Waals surface area contributed by atoms with Crippen molar-refractivity contribution in [1.29, 1.82) is 0 Å². The van der Waals surface area contributed by atoms with Crippen LogP contribution in [0.1, 0.15) is 80.0 Å². The number of hydrogen-bond acceptors (Lipinski definition) is 3. The van der Waals surface area contributed by atoms with Gasteiger partial charge in [-0.05, 0) is 76.0 Å². The third-order valence-electron chi connectivity index (χ3n) is 6.74. The highest BCUT2D eigenvalue weighted by atomic mass is 16.5. The molecule has 2 aliphatic heterocycles. The van der Waals surface area contributed by atoms with Crippen LogP contribution in [-0.2, 0) is 24.1 Å². The first-order chi connectivity index (χ1) is 13.3. The molecule has 1 amide bonds. The molecule has 2 saturated heterocycles. The molecule has 0 bridgehead atoms. The molecule has 0 radical (unpaired) electrons. The Balaban J connectivity index is 1.53. The molecule has 3 aliphatic rings. The van der Waals surface area contributed by atoms with Gasteiger partial charge in [0.05, 0.1) is 0 Å². The standard InChI is InChI=1S/C22H35N3O2/c1-2-10-25-20-7-6-18(15-17-8-13-27-14-9-17)16-19(20)21(23-25)22(26)24-11-4-3-5-12-24/h17-18H,2-16H2,1H3. The summed E-state index contributed by atoms with van der Waals surface area (Å²) in [7, 11) is 0. The first kappa shape index (κ1) is 19.0. The van der Waals surface area contributed by atoms with Crippen LogP contribution in [0, 0.1) is 11.8 Å². The van der Waals surface area contributed by atoms with E-state index in [0.717, 1.165) is 76.6 Å². The van der Waals surface area contributed by atoms with E-state index in [1.807, 2.05) is 4.90 Å². The monoisotopic (exact) mass is 373 g/mol. The number of carbonyl (C=O) groups excluding carboxylic acids is 1. The summed E-state index contributed by atoms with van der Waals surface area (Å²) in [6, 6.07) is 0. The highest BCUT2D eigenvalue weighted by Gasteiger charge is 2.32. The van der Waals surface area contributed by atoms with Crippen LogP contribution in [0.3, 0.4) is 0 Å². The van der Waals surface area contributed by atoms with E-state index in [1.54, 1.807) is 0 Å². The summed E-state index contributed by atoms with van der Waals surface area (Å²) < 4.78 is 7.68. The van der Waals surface area contributed by atoms with Crippen molar-refractivity contribution in [2.45, 2.75) is 77.7 Å². The smallest absolute Gasteiger partial charge is 0.274 e. The fourth-order valence-electron chi connectivity index (χ4n) is 5.23. The predicted molar refractivity (Wildman–Crippen MR) is 106 cm³/mol. The number of hydrogen-bond donors (Lipinski definition) is 0. The van der Waals surface area contributed by atoms with Gasteiger partial charge in [-0.1, -0.05) is 6.92 Å². The van der Waals surface area contributed by atoms with Gasteiger partial charge in [0, 0.05) is 44.1 Å². The number of piperidine rings is 1. The fourth-order valence-corrected chi connectivity index (χ4v) is 5.23. The van der Waals surface area contributed by atoms with E-state index >= 15 is 0 Å². The van der Waals surface area contributed by atoms with Crippen molar-refractivity contribution in [3.8, 4) is 0 Å². The van der Waals surface area contributed by atoms with Crippen molar-refractivity contribution in [3.05, 3.63) is 17.0 Å². The Kier molecular flexibility index (Phi) is 6.16. The second-order valence-electron chi connectivity index (χ2n) is 8.75. The second-order valence-corrected chi connectivity index (χ2v) is 8.75. The molecule has 1 aromatic heterocycles. The molecular formula is C22H35N3O2. The van der Waals surface area contributed by atoms with Crippen molar-refractivity contribution in [2.24, 2.45) is 11.8 Å². The minimum atomic E-state index is 0.188. The molecule has 27 heavy (non-hydrogen) atoms. The highest BCUT2D eigenvalue weighted by Crippen LogP contribution is 2.34. The maximum atomic E-state index is 13.2. The molecule has 150 valence electrons. The number of rotatable bonds is 5. The van der Waals surface area contributed by atoms with Gasteiger partial charge in [0.1, 0.15) is 0 Å². The first-order valence-electron chi connectivity index (χ1n) is 11.2. The summed E-state index contributed by atoms with van der Waals surface area (Å²) in [5.41, 5.74) is 3.40. The van der Waals surface area contributed by atoms with Gasteiger partial charge in [-0.3, -0.25) is 9.48 Å². The summed E-state index contributed by atoms with van der Waals surface area (Å²) in [4.78, 5) is 15.3. The van der Waals surface area contributed by atoms with Gasteiger partial charge in [-0.25, -0.2) is 0 Å². The van der Waals surface area contributed by atoms with Crippen LogP contribution in [0.4, 0.5) is 0 Å². The number of ether oxygens (including phenoxy) is 1. The van der Waals surface area contributed by atoms with Crippen LogP contribution in [0.25, 0.3) is 0 Å². The minimum absolute atomic E-state index is 0.188. The van der Waals surface area contributed by atoms with Crippen molar-refractivity contribution in [1.82, 2.24) is 14.7 Å². The van der Waals surface area contributed by atoms with Crippen molar-refractivity contribution in [2.75, 3.05) is 26.3 Å². The molecule has 1 atom stereocenters. The van der Waals surface area contributed by atoms with Crippen LogP contribution in [-0.4, -0.2) is 46.9 Å². The maximum absolute atomic E-state index is 13.2. The lowest BCUT2D eigenvalue weighted by atomic mass is 9.79. The maximum Gasteiger partial charge on any atom is 0.274 e. The van der Waals surface area contributed by atoms with Gasteiger partial charge in [-0.2, -0.15) is 5.10 Å². The van der Waals surface area contributed by atoms with Crippen LogP contribution < -0.4 is 0 Å². The van der Waals surface area contributed by atoms with Crippen LogP contribution in [0.5, 0.6) is 0 Å². The number of aryl methyl sites for hydroxylation is 1. The molecule has 5 heteroatoms. The third-order valence-corrected chi connectivity index (χ3v) is 6.74. The minimum Gasteiger partial charge on any atom is -0.381 e. The number of carbonyl (C=O) groups is 1. The van der Waals surface area contributed by atoms with Gasteiger partial charge in [0.25, 0.3) is 5.91 Å². The van der Waals surface area contributed by atoms with Gasteiger partial charge in [0.15, 0.2) is 5.69 Å². The lowest BCUT2D eigenvalue weighted by molar-refractivity contribution is 0.0577. The van der Waals surface area contributed by atoms with E-state index in [2.05, 4.69) is 11.6 Å². The molecular weight excluding hydrogens is 338 g/mol. The molecule has 0 spiro atoms.